The smallest absolute Gasteiger partial charge is 0.119 e. The molecule has 0 unspecified atom stereocenters. The summed E-state index contributed by atoms with van der Waals surface area (Å²) in [5.41, 5.74) is 5.89. The Kier molecular flexibility index (Phi) is 3.19. The molecule has 0 atom stereocenters. The van der Waals surface area contributed by atoms with E-state index in [1.54, 1.807) is 0 Å². The topological polar surface area (TPSA) is 20.2 Å². The molecule has 0 amide bonds. The van der Waals surface area contributed by atoms with Crippen molar-refractivity contribution in [3.05, 3.63) is 64.2 Å². The van der Waals surface area contributed by atoms with Crippen LogP contribution in [0.25, 0.3) is 0 Å². The summed E-state index contributed by atoms with van der Waals surface area (Å²) in [5, 5.41) is 10.1. The SMILES string of the molecule is Cc1cc(O)c(Cc2ccccc2)c(C)c1C. The zero-order valence-corrected chi connectivity index (χ0v) is 10.6. The van der Waals surface area contributed by atoms with E-state index in [1.165, 1.54) is 16.7 Å². The van der Waals surface area contributed by atoms with Gasteiger partial charge < -0.3 is 5.11 Å². The zero-order valence-electron chi connectivity index (χ0n) is 10.6. The molecule has 1 nitrogen and oxygen atoms in total. The van der Waals surface area contributed by atoms with E-state index in [1.807, 2.05) is 31.2 Å². The molecule has 0 bridgehead atoms. The number of rotatable bonds is 2. The molecular weight excluding hydrogens is 208 g/mol. The van der Waals surface area contributed by atoms with Gasteiger partial charge in [-0.1, -0.05) is 30.3 Å². The lowest BCUT2D eigenvalue weighted by atomic mass is 9.93. The number of aromatic hydroxyl groups is 1. The van der Waals surface area contributed by atoms with Crippen molar-refractivity contribution in [1.82, 2.24) is 0 Å². The van der Waals surface area contributed by atoms with Crippen LogP contribution in [0.1, 0.15) is 27.8 Å². The first-order valence-electron chi connectivity index (χ1n) is 5.92. The van der Waals surface area contributed by atoms with Gasteiger partial charge in [0.05, 0.1) is 0 Å². The Hall–Kier alpha value is -1.76. The van der Waals surface area contributed by atoms with Gasteiger partial charge in [-0.05, 0) is 49.1 Å². The molecule has 0 spiro atoms. The van der Waals surface area contributed by atoms with E-state index in [4.69, 9.17) is 0 Å². The molecule has 1 N–H and O–H groups in total. The molecular formula is C16H18O. The summed E-state index contributed by atoms with van der Waals surface area (Å²) < 4.78 is 0. The summed E-state index contributed by atoms with van der Waals surface area (Å²) in [4.78, 5) is 0. The molecule has 0 fully saturated rings. The van der Waals surface area contributed by atoms with Gasteiger partial charge in [0, 0.05) is 12.0 Å². The third-order valence-electron chi connectivity index (χ3n) is 3.49. The zero-order chi connectivity index (χ0) is 12.4. The lowest BCUT2D eigenvalue weighted by Gasteiger charge is -2.13. The Morgan fingerprint density at radius 2 is 1.59 bits per heavy atom. The first-order valence-corrected chi connectivity index (χ1v) is 5.92. The first kappa shape index (κ1) is 11.7. The lowest BCUT2D eigenvalue weighted by molar-refractivity contribution is 0.468. The number of aryl methyl sites for hydroxylation is 1. The first-order chi connectivity index (χ1) is 8.09. The van der Waals surface area contributed by atoms with Crippen molar-refractivity contribution in [2.24, 2.45) is 0 Å². The molecule has 2 aromatic rings. The van der Waals surface area contributed by atoms with E-state index in [-0.39, 0.29) is 0 Å². The van der Waals surface area contributed by atoms with E-state index in [2.05, 4.69) is 26.0 Å². The second-order valence-corrected chi connectivity index (χ2v) is 4.60. The van der Waals surface area contributed by atoms with Gasteiger partial charge in [-0.2, -0.15) is 0 Å². The molecule has 0 aliphatic rings. The maximum absolute atomic E-state index is 10.1. The molecule has 1 heteroatoms. The average molecular weight is 226 g/mol. The standard InChI is InChI=1S/C16H18O/c1-11-9-16(17)15(13(3)12(11)2)10-14-7-5-4-6-8-14/h4-9,17H,10H2,1-3H3. The molecule has 0 radical (unpaired) electrons. The highest BCUT2D eigenvalue weighted by Crippen LogP contribution is 2.28. The van der Waals surface area contributed by atoms with E-state index in [0.29, 0.717) is 5.75 Å². The number of hydrogen-bond donors (Lipinski definition) is 1. The van der Waals surface area contributed by atoms with Crippen LogP contribution in [0.3, 0.4) is 0 Å². The van der Waals surface area contributed by atoms with Crippen LogP contribution >= 0.6 is 0 Å². The van der Waals surface area contributed by atoms with E-state index < -0.39 is 0 Å². The minimum Gasteiger partial charge on any atom is -0.508 e. The number of phenols is 1. The second kappa shape index (κ2) is 4.62. The van der Waals surface area contributed by atoms with Crippen molar-refractivity contribution in [2.75, 3.05) is 0 Å². The molecule has 2 aromatic carbocycles. The molecule has 88 valence electrons. The van der Waals surface area contributed by atoms with Crippen LogP contribution in [0.2, 0.25) is 0 Å². The van der Waals surface area contributed by atoms with Gasteiger partial charge in [-0.15, -0.1) is 0 Å². The van der Waals surface area contributed by atoms with Gasteiger partial charge in [-0.25, -0.2) is 0 Å². The summed E-state index contributed by atoms with van der Waals surface area (Å²) in [6, 6.07) is 12.1. The Bertz CT molecular complexity index is 527. The van der Waals surface area contributed by atoms with Gasteiger partial charge in [0.25, 0.3) is 0 Å². The van der Waals surface area contributed by atoms with Crippen molar-refractivity contribution < 1.29 is 5.11 Å². The molecule has 2 rings (SSSR count). The minimum atomic E-state index is 0.412. The van der Waals surface area contributed by atoms with Crippen LogP contribution in [0.5, 0.6) is 5.75 Å². The lowest BCUT2D eigenvalue weighted by Crippen LogP contribution is -1.97. The number of benzene rings is 2. The predicted molar refractivity (Wildman–Crippen MR) is 71.6 cm³/mol. The Labute approximate surface area is 103 Å². The average Bonchev–Trinajstić information content (AvgIpc) is 2.33. The van der Waals surface area contributed by atoms with Gasteiger partial charge in [0.15, 0.2) is 0 Å². The van der Waals surface area contributed by atoms with Gasteiger partial charge >= 0.3 is 0 Å². The third kappa shape index (κ3) is 2.33. The fourth-order valence-corrected chi connectivity index (χ4v) is 2.14. The maximum atomic E-state index is 10.1. The van der Waals surface area contributed by atoms with Crippen LogP contribution in [0, 0.1) is 20.8 Å². The quantitative estimate of drug-likeness (QED) is 0.823. The van der Waals surface area contributed by atoms with E-state index >= 15 is 0 Å². The van der Waals surface area contributed by atoms with Crippen LogP contribution in [0.15, 0.2) is 36.4 Å². The maximum Gasteiger partial charge on any atom is 0.119 e. The van der Waals surface area contributed by atoms with Crippen LogP contribution < -0.4 is 0 Å². The second-order valence-electron chi connectivity index (χ2n) is 4.60. The molecule has 0 aliphatic carbocycles. The van der Waals surface area contributed by atoms with E-state index in [9.17, 15) is 5.11 Å². The van der Waals surface area contributed by atoms with Gasteiger partial charge in [0.1, 0.15) is 5.75 Å². The highest BCUT2D eigenvalue weighted by molar-refractivity contribution is 5.49. The summed E-state index contributed by atoms with van der Waals surface area (Å²) in [7, 11) is 0. The van der Waals surface area contributed by atoms with Crippen molar-refractivity contribution in [1.29, 1.82) is 0 Å². The van der Waals surface area contributed by atoms with E-state index in [0.717, 1.165) is 17.5 Å². The summed E-state index contributed by atoms with van der Waals surface area (Å²) in [5.74, 6) is 0.412. The highest BCUT2D eigenvalue weighted by atomic mass is 16.3. The van der Waals surface area contributed by atoms with Gasteiger partial charge in [0.2, 0.25) is 0 Å². The van der Waals surface area contributed by atoms with Crippen LogP contribution in [0.4, 0.5) is 0 Å². The predicted octanol–water partition coefficient (Wildman–Crippen LogP) is 3.91. The molecule has 0 aromatic heterocycles. The molecule has 17 heavy (non-hydrogen) atoms. The Morgan fingerprint density at radius 1 is 0.941 bits per heavy atom. The minimum absolute atomic E-state index is 0.412. The fourth-order valence-electron chi connectivity index (χ4n) is 2.14. The summed E-state index contributed by atoms with van der Waals surface area (Å²) in [6.07, 6.45) is 0.791. The van der Waals surface area contributed by atoms with Gasteiger partial charge in [-0.3, -0.25) is 0 Å². The van der Waals surface area contributed by atoms with Crippen molar-refractivity contribution in [3.8, 4) is 5.75 Å². The van der Waals surface area contributed by atoms with Crippen molar-refractivity contribution in [3.63, 3.8) is 0 Å². The molecule has 0 aliphatic heterocycles. The molecule has 0 saturated carbocycles. The number of phenolic OH excluding ortho intramolecular Hbond substituents is 1. The Morgan fingerprint density at radius 3 is 2.24 bits per heavy atom. The van der Waals surface area contributed by atoms with Crippen LogP contribution in [-0.2, 0) is 6.42 Å². The summed E-state index contributed by atoms with van der Waals surface area (Å²) in [6.45, 7) is 6.23. The molecule has 0 heterocycles. The van der Waals surface area contributed by atoms with Crippen molar-refractivity contribution in [2.45, 2.75) is 27.2 Å². The fraction of sp³-hybridized carbons (Fsp3) is 0.250. The van der Waals surface area contributed by atoms with Crippen LogP contribution in [-0.4, -0.2) is 5.11 Å². The third-order valence-corrected chi connectivity index (χ3v) is 3.49. The monoisotopic (exact) mass is 226 g/mol. The normalized spacial score (nSPS) is 10.5. The molecule has 0 saturated heterocycles. The summed E-state index contributed by atoms with van der Waals surface area (Å²) >= 11 is 0. The number of hydrogen-bond acceptors (Lipinski definition) is 1. The largest absolute Gasteiger partial charge is 0.508 e. The Balaban J connectivity index is 2.43. The van der Waals surface area contributed by atoms with Crippen molar-refractivity contribution >= 4 is 0 Å². The highest BCUT2D eigenvalue weighted by Gasteiger charge is 2.10.